The molecule has 0 heterocycles. The van der Waals surface area contributed by atoms with E-state index in [0.29, 0.717) is 4.83 Å². The first-order valence-electron chi connectivity index (χ1n) is 4.53. The minimum Gasteiger partial charge on any atom is -0.103 e. The predicted molar refractivity (Wildman–Crippen MR) is 64.3 cm³/mol. The van der Waals surface area contributed by atoms with Crippen LogP contribution >= 0.6 is 31.9 Å². The van der Waals surface area contributed by atoms with E-state index >= 15 is 0 Å². The zero-order valence-corrected chi connectivity index (χ0v) is 10.9. The molecule has 0 fully saturated rings. The summed E-state index contributed by atoms with van der Waals surface area (Å²) in [5.41, 5.74) is 0. The van der Waals surface area contributed by atoms with Gasteiger partial charge in [-0.25, -0.2) is 0 Å². The van der Waals surface area contributed by atoms with Gasteiger partial charge in [0.25, 0.3) is 0 Å². The lowest BCUT2D eigenvalue weighted by Crippen LogP contribution is -2.11. The third kappa shape index (κ3) is 6.24. The van der Waals surface area contributed by atoms with Gasteiger partial charge in [-0.3, -0.25) is 0 Å². The van der Waals surface area contributed by atoms with Gasteiger partial charge in [0.05, 0.1) is 0 Å². The van der Waals surface area contributed by atoms with Gasteiger partial charge in [0, 0.05) is 10.2 Å². The second kappa shape index (κ2) is 8.31. The third-order valence-corrected chi connectivity index (χ3v) is 3.32. The first-order valence-corrected chi connectivity index (χ1v) is 6.57. The molecular weight excluding hydrogens is 280 g/mol. The van der Waals surface area contributed by atoms with Crippen molar-refractivity contribution in [3.05, 3.63) is 12.7 Å². The minimum absolute atomic E-state index is 0.639. The number of unbranched alkanes of at least 4 members (excludes halogenated alkanes) is 1. The summed E-state index contributed by atoms with van der Waals surface area (Å²) in [6.45, 7) is 5.96. The molecule has 0 aliphatic heterocycles. The molecule has 0 aliphatic rings. The van der Waals surface area contributed by atoms with Crippen LogP contribution in [0.1, 0.15) is 32.6 Å². The highest BCUT2D eigenvalue weighted by Crippen LogP contribution is 2.23. The molecule has 0 bridgehead atoms. The number of hydrogen-bond donors (Lipinski definition) is 0. The molecule has 0 spiro atoms. The van der Waals surface area contributed by atoms with E-state index in [1.807, 2.05) is 6.08 Å². The summed E-state index contributed by atoms with van der Waals surface area (Å²) >= 11 is 7.13. The molecule has 0 aliphatic carbocycles. The van der Waals surface area contributed by atoms with E-state index in [4.69, 9.17) is 0 Å². The quantitative estimate of drug-likeness (QED) is 0.368. The number of hydrogen-bond acceptors (Lipinski definition) is 0. The van der Waals surface area contributed by atoms with E-state index in [-0.39, 0.29) is 0 Å². The van der Waals surface area contributed by atoms with Crippen LogP contribution in [0, 0.1) is 5.92 Å². The Morgan fingerprint density at radius 2 is 2.08 bits per heavy atom. The van der Waals surface area contributed by atoms with Crippen LogP contribution in [0.25, 0.3) is 0 Å². The van der Waals surface area contributed by atoms with Crippen LogP contribution in [0.5, 0.6) is 0 Å². The molecule has 0 amide bonds. The molecule has 2 atom stereocenters. The summed E-state index contributed by atoms with van der Waals surface area (Å²) in [5, 5.41) is 1.11. The number of rotatable bonds is 7. The van der Waals surface area contributed by atoms with Crippen molar-refractivity contribution < 1.29 is 0 Å². The molecule has 2 heteroatoms. The summed E-state index contributed by atoms with van der Waals surface area (Å²) in [7, 11) is 0. The molecule has 12 heavy (non-hydrogen) atoms. The Kier molecular flexibility index (Phi) is 8.79. The van der Waals surface area contributed by atoms with Crippen molar-refractivity contribution in [2.45, 2.75) is 37.4 Å². The van der Waals surface area contributed by atoms with E-state index < -0.39 is 0 Å². The molecule has 0 nitrogen and oxygen atoms in total. The summed E-state index contributed by atoms with van der Waals surface area (Å²) in [6, 6.07) is 0. The standard InChI is InChI=1S/C10H18Br2/c1-3-4-5-6-10(7-8-11)9(2)12/h3,9-10H,1,4-8H2,2H3. The van der Waals surface area contributed by atoms with Crippen LogP contribution in [-0.2, 0) is 0 Å². The van der Waals surface area contributed by atoms with Crippen LogP contribution in [0.3, 0.4) is 0 Å². The van der Waals surface area contributed by atoms with Crippen molar-refractivity contribution in [1.29, 1.82) is 0 Å². The summed E-state index contributed by atoms with van der Waals surface area (Å²) in [6.07, 6.45) is 7.01. The van der Waals surface area contributed by atoms with Gasteiger partial charge in [-0.2, -0.15) is 0 Å². The highest BCUT2D eigenvalue weighted by Gasteiger charge is 2.12. The Bertz CT molecular complexity index is 110. The van der Waals surface area contributed by atoms with Gasteiger partial charge in [0.15, 0.2) is 0 Å². The molecule has 2 unspecified atom stereocenters. The van der Waals surface area contributed by atoms with Crippen molar-refractivity contribution >= 4 is 31.9 Å². The molecule has 72 valence electrons. The predicted octanol–water partition coefficient (Wildman–Crippen LogP) is 4.53. The first-order chi connectivity index (χ1) is 5.72. The maximum absolute atomic E-state index is 3.73. The monoisotopic (exact) mass is 296 g/mol. The van der Waals surface area contributed by atoms with Crippen LogP contribution in [0.4, 0.5) is 0 Å². The Morgan fingerprint density at radius 1 is 1.42 bits per heavy atom. The maximum Gasteiger partial charge on any atom is 0.0146 e. The van der Waals surface area contributed by atoms with E-state index in [1.54, 1.807) is 0 Å². The Hall–Kier alpha value is 0.700. The zero-order chi connectivity index (χ0) is 9.40. The second-order valence-electron chi connectivity index (χ2n) is 3.13. The van der Waals surface area contributed by atoms with Crippen molar-refractivity contribution in [3.8, 4) is 0 Å². The van der Waals surface area contributed by atoms with Gasteiger partial charge in [-0.15, -0.1) is 6.58 Å². The van der Waals surface area contributed by atoms with Crippen molar-refractivity contribution in [1.82, 2.24) is 0 Å². The highest BCUT2D eigenvalue weighted by molar-refractivity contribution is 9.09. The molecule has 0 aromatic heterocycles. The van der Waals surface area contributed by atoms with Gasteiger partial charge < -0.3 is 0 Å². The summed E-state index contributed by atoms with van der Waals surface area (Å²) in [5.74, 6) is 0.810. The zero-order valence-electron chi connectivity index (χ0n) is 7.73. The normalized spacial score (nSPS) is 15.6. The van der Waals surface area contributed by atoms with Crippen LogP contribution in [-0.4, -0.2) is 10.2 Å². The smallest absolute Gasteiger partial charge is 0.0146 e. The Labute approximate surface area is 93.1 Å². The van der Waals surface area contributed by atoms with Gasteiger partial charge in [-0.05, 0) is 31.6 Å². The molecule has 0 N–H and O–H groups in total. The fourth-order valence-electron chi connectivity index (χ4n) is 1.27. The molecule has 0 rings (SSSR count). The lowest BCUT2D eigenvalue weighted by molar-refractivity contribution is 0.462. The van der Waals surface area contributed by atoms with Gasteiger partial charge in [0.2, 0.25) is 0 Å². The molecular formula is C10H18Br2. The van der Waals surface area contributed by atoms with Crippen molar-refractivity contribution in [3.63, 3.8) is 0 Å². The van der Waals surface area contributed by atoms with Crippen LogP contribution in [0.15, 0.2) is 12.7 Å². The minimum atomic E-state index is 0.639. The van der Waals surface area contributed by atoms with E-state index in [9.17, 15) is 0 Å². The average Bonchev–Trinajstić information content (AvgIpc) is 2.03. The van der Waals surface area contributed by atoms with Gasteiger partial charge in [-0.1, -0.05) is 44.9 Å². The topological polar surface area (TPSA) is 0 Å². The Balaban J connectivity index is 3.55. The number of alkyl halides is 2. The van der Waals surface area contributed by atoms with Gasteiger partial charge >= 0.3 is 0 Å². The fourth-order valence-corrected chi connectivity index (χ4v) is 2.38. The Morgan fingerprint density at radius 3 is 2.50 bits per heavy atom. The van der Waals surface area contributed by atoms with Crippen LogP contribution < -0.4 is 0 Å². The molecule has 0 radical (unpaired) electrons. The highest BCUT2D eigenvalue weighted by atomic mass is 79.9. The SMILES string of the molecule is C=CCCCC(CCBr)C(C)Br. The van der Waals surface area contributed by atoms with Crippen LogP contribution in [0.2, 0.25) is 0 Å². The second-order valence-corrected chi connectivity index (χ2v) is 5.37. The molecule has 0 aromatic carbocycles. The molecule has 0 saturated heterocycles. The van der Waals surface area contributed by atoms with E-state index in [2.05, 4.69) is 45.4 Å². The molecule has 0 aromatic rings. The van der Waals surface area contributed by atoms with E-state index in [1.165, 1.54) is 19.3 Å². The largest absolute Gasteiger partial charge is 0.103 e. The number of allylic oxidation sites excluding steroid dienone is 1. The fraction of sp³-hybridized carbons (Fsp3) is 0.800. The first kappa shape index (κ1) is 12.7. The lowest BCUT2D eigenvalue weighted by Gasteiger charge is -2.17. The van der Waals surface area contributed by atoms with E-state index in [0.717, 1.165) is 17.7 Å². The van der Waals surface area contributed by atoms with Gasteiger partial charge in [0.1, 0.15) is 0 Å². The maximum atomic E-state index is 3.73. The average molecular weight is 298 g/mol. The van der Waals surface area contributed by atoms with Crippen molar-refractivity contribution in [2.24, 2.45) is 5.92 Å². The summed E-state index contributed by atoms with van der Waals surface area (Å²) in [4.78, 5) is 0.639. The number of halogens is 2. The summed E-state index contributed by atoms with van der Waals surface area (Å²) < 4.78 is 0. The van der Waals surface area contributed by atoms with Crippen molar-refractivity contribution in [2.75, 3.05) is 5.33 Å². The molecule has 0 saturated carbocycles. The lowest BCUT2D eigenvalue weighted by atomic mass is 9.96. The third-order valence-electron chi connectivity index (χ3n) is 2.11.